The third-order valence-corrected chi connectivity index (χ3v) is 13.8. The maximum Gasteiger partial charge on any atom is 0.107 e. The zero-order chi connectivity index (χ0) is 26.8. The molecule has 210 valence electrons. The predicted molar refractivity (Wildman–Crippen MR) is 153 cm³/mol. The molecule has 2 heterocycles. The molecule has 8 rings (SSSR count). The SMILES string of the molecule is CC1(C)COOC2(CC[C@@]34Cc5cc(-c6cccs6)ccc5[C@H]5C[C@]6(C)[C@@H](O)CC[C@H]6[C@H](CC[C@@]3(O)C2)[C@H]54)C1. The maximum atomic E-state index is 13.0. The minimum absolute atomic E-state index is 0.0241. The number of benzene rings is 1. The Morgan fingerprint density at radius 2 is 1.87 bits per heavy atom. The highest BCUT2D eigenvalue weighted by Crippen LogP contribution is 2.74. The van der Waals surface area contributed by atoms with Gasteiger partial charge in [0.1, 0.15) is 5.60 Å². The highest BCUT2D eigenvalue weighted by atomic mass is 32.1. The summed E-state index contributed by atoms with van der Waals surface area (Å²) in [6, 6.07) is 11.6. The van der Waals surface area contributed by atoms with Gasteiger partial charge in [-0.2, -0.15) is 0 Å². The highest BCUT2D eigenvalue weighted by molar-refractivity contribution is 7.13. The van der Waals surface area contributed by atoms with Crippen molar-refractivity contribution in [3.63, 3.8) is 0 Å². The number of hydrogen-bond donors (Lipinski definition) is 2. The molecule has 6 aliphatic rings. The van der Waals surface area contributed by atoms with Crippen molar-refractivity contribution in [2.24, 2.45) is 34.0 Å². The molecule has 1 unspecified atom stereocenters. The van der Waals surface area contributed by atoms with E-state index in [-0.39, 0.29) is 22.3 Å². The minimum Gasteiger partial charge on any atom is -0.393 e. The summed E-state index contributed by atoms with van der Waals surface area (Å²) in [4.78, 5) is 13.3. The van der Waals surface area contributed by atoms with Crippen molar-refractivity contribution in [2.75, 3.05) is 6.61 Å². The molecule has 9 atom stereocenters. The Balaban J connectivity index is 1.27. The first-order chi connectivity index (χ1) is 18.6. The summed E-state index contributed by atoms with van der Waals surface area (Å²) in [7, 11) is 0. The second kappa shape index (κ2) is 8.19. The van der Waals surface area contributed by atoms with Gasteiger partial charge in [0.2, 0.25) is 0 Å². The van der Waals surface area contributed by atoms with Gasteiger partial charge in [-0.1, -0.05) is 45.0 Å². The van der Waals surface area contributed by atoms with E-state index in [9.17, 15) is 10.2 Å². The van der Waals surface area contributed by atoms with Gasteiger partial charge in [-0.05, 0) is 120 Å². The Kier molecular flexibility index (Phi) is 5.35. The summed E-state index contributed by atoms with van der Waals surface area (Å²) >= 11 is 1.80. The van der Waals surface area contributed by atoms with Crippen LogP contribution >= 0.6 is 11.3 Å². The van der Waals surface area contributed by atoms with Crippen LogP contribution in [0.15, 0.2) is 35.7 Å². The standard InChI is InChI=1S/C34H44O4S/c1-30(2)18-32(38-37-20-30)12-13-33-16-22-15-21(27-5-4-14-39-27)6-7-23(22)25-17-31(3)26(8-9-28(31)35)24(29(25)33)10-11-34(33,36)19-32/h4-7,14-15,24-26,28-29,35-36H,8-13,16-20H2,1-3H3/t24-,25+,26-,28-,29+,31-,32?,33-,34+/m0/s1. The van der Waals surface area contributed by atoms with Crippen LogP contribution in [0.2, 0.25) is 0 Å². The Morgan fingerprint density at radius 1 is 1.00 bits per heavy atom. The molecule has 1 aromatic carbocycles. The van der Waals surface area contributed by atoms with E-state index in [1.54, 1.807) is 11.3 Å². The monoisotopic (exact) mass is 548 g/mol. The first-order valence-corrected chi connectivity index (χ1v) is 16.3. The molecule has 1 aromatic heterocycles. The topological polar surface area (TPSA) is 58.9 Å². The largest absolute Gasteiger partial charge is 0.393 e. The van der Waals surface area contributed by atoms with Gasteiger partial charge in [0.25, 0.3) is 0 Å². The zero-order valence-corrected chi connectivity index (χ0v) is 24.6. The average molecular weight is 549 g/mol. The lowest BCUT2D eigenvalue weighted by molar-refractivity contribution is -0.425. The molecule has 5 aliphatic carbocycles. The van der Waals surface area contributed by atoms with E-state index in [2.05, 4.69) is 56.5 Å². The van der Waals surface area contributed by atoms with Crippen LogP contribution in [0.25, 0.3) is 10.4 Å². The second-order valence-electron chi connectivity index (χ2n) is 15.5. The van der Waals surface area contributed by atoms with E-state index in [0.29, 0.717) is 36.7 Å². The summed E-state index contributed by atoms with van der Waals surface area (Å²) < 4.78 is 0. The number of hydrogen-bond acceptors (Lipinski definition) is 5. The van der Waals surface area contributed by atoms with Crippen LogP contribution in [-0.4, -0.2) is 34.1 Å². The Hall–Kier alpha value is -1.24. The summed E-state index contributed by atoms with van der Waals surface area (Å²) in [6.07, 6.45) is 9.36. The Bertz CT molecular complexity index is 1290. The molecular formula is C34H44O4S. The summed E-state index contributed by atoms with van der Waals surface area (Å²) in [5.41, 5.74) is 2.97. The number of aliphatic hydroxyl groups excluding tert-OH is 1. The molecule has 4 saturated carbocycles. The van der Waals surface area contributed by atoms with Crippen LogP contribution in [0.4, 0.5) is 0 Å². The van der Waals surface area contributed by atoms with Crippen molar-refractivity contribution in [2.45, 2.75) is 108 Å². The van der Waals surface area contributed by atoms with Crippen LogP contribution in [0.1, 0.15) is 95.6 Å². The van der Waals surface area contributed by atoms with Gasteiger partial charge in [-0.25, -0.2) is 9.78 Å². The quantitative estimate of drug-likeness (QED) is 0.368. The van der Waals surface area contributed by atoms with Crippen molar-refractivity contribution >= 4 is 11.3 Å². The Labute approximate surface area is 237 Å². The van der Waals surface area contributed by atoms with Crippen LogP contribution in [0, 0.1) is 34.0 Å². The third kappa shape index (κ3) is 3.43. The molecule has 5 heteroatoms. The normalized spacial score (nSPS) is 47.7. The fourth-order valence-electron chi connectivity index (χ4n) is 11.5. The van der Waals surface area contributed by atoms with Gasteiger partial charge < -0.3 is 10.2 Å². The molecule has 0 bridgehead atoms. The lowest BCUT2D eigenvalue weighted by Crippen LogP contribution is -2.70. The zero-order valence-electron chi connectivity index (χ0n) is 23.7. The highest BCUT2D eigenvalue weighted by Gasteiger charge is 2.72. The van der Waals surface area contributed by atoms with Gasteiger partial charge in [-0.3, -0.25) is 0 Å². The second-order valence-corrected chi connectivity index (χ2v) is 16.5. The fourth-order valence-corrected chi connectivity index (χ4v) is 12.2. The van der Waals surface area contributed by atoms with Crippen molar-refractivity contribution in [3.8, 4) is 10.4 Å². The fraction of sp³-hybridized carbons (Fsp3) is 0.706. The summed E-state index contributed by atoms with van der Waals surface area (Å²) in [5, 5.41) is 26.4. The first-order valence-electron chi connectivity index (χ1n) is 15.5. The minimum atomic E-state index is -0.761. The average Bonchev–Trinajstić information content (AvgIpc) is 3.52. The molecule has 4 nitrogen and oxygen atoms in total. The molecule has 0 radical (unpaired) electrons. The number of thiophene rings is 1. The van der Waals surface area contributed by atoms with Gasteiger partial charge >= 0.3 is 0 Å². The van der Waals surface area contributed by atoms with Gasteiger partial charge in [0.05, 0.1) is 18.3 Å². The van der Waals surface area contributed by atoms with Crippen molar-refractivity contribution in [1.82, 2.24) is 0 Å². The molecule has 1 aliphatic heterocycles. The van der Waals surface area contributed by atoms with Crippen molar-refractivity contribution in [3.05, 3.63) is 46.8 Å². The maximum absolute atomic E-state index is 13.0. The van der Waals surface area contributed by atoms with E-state index in [0.717, 1.165) is 57.8 Å². The summed E-state index contributed by atoms with van der Waals surface area (Å²) in [5.74, 6) is 2.00. The third-order valence-electron chi connectivity index (χ3n) is 12.9. The van der Waals surface area contributed by atoms with E-state index >= 15 is 0 Å². The van der Waals surface area contributed by atoms with E-state index in [4.69, 9.17) is 9.78 Å². The molecule has 2 spiro atoms. The van der Waals surface area contributed by atoms with E-state index in [1.807, 2.05) is 0 Å². The molecular weight excluding hydrogens is 504 g/mol. The smallest absolute Gasteiger partial charge is 0.107 e. The summed E-state index contributed by atoms with van der Waals surface area (Å²) in [6.45, 7) is 7.55. The number of aliphatic hydroxyl groups is 2. The number of fused-ring (bicyclic) bond motifs is 4. The van der Waals surface area contributed by atoms with Crippen molar-refractivity contribution < 1.29 is 20.0 Å². The van der Waals surface area contributed by atoms with Crippen LogP contribution in [0.5, 0.6) is 0 Å². The van der Waals surface area contributed by atoms with Crippen LogP contribution in [-0.2, 0) is 16.2 Å². The van der Waals surface area contributed by atoms with Gasteiger partial charge in [0, 0.05) is 16.7 Å². The predicted octanol–water partition coefficient (Wildman–Crippen LogP) is 7.28. The molecule has 1 saturated heterocycles. The van der Waals surface area contributed by atoms with Gasteiger partial charge in [0.15, 0.2) is 0 Å². The number of rotatable bonds is 1. The van der Waals surface area contributed by atoms with Crippen LogP contribution in [0.3, 0.4) is 0 Å². The van der Waals surface area contributed by atoms with E-state index in [1.165, 1.54) is 21.6 Å². The molecule has 39 heavy (non-hydrogen) atoms. The lowest BCUT2D eigenvalue weighted by atomic mass is 9.36. The molecule has 2 aromatic rings. The molecule has 0 amide bonds. The van der Waals surface area contributed by atoms with Gasteiger partial charge in [-0.15, -0.1) is 11.3 Å². The lowest BCUT2D eigenvalue weighted by Gasteiger charge is -2.70. The molecule has 2 N–H and O–H groups in total. The Morgan fingerprint density at radius 3 is 2.67 bits per heavy atom. The van der Waals surface area contributed by atoms with Crippen molar-refractivity contribution in [1.29, 1.82) is 0 Å². The first kappa shape index (κ1) is 25.5. The van der Waals surface area contributed by atoms with Crippen LogP contribution < -0.4 is 0 Å². The molecule has 5 fully saturated rings. The van der Waals surface area contributed by atoms with E-state index < -0.39 is 11.2 Å².